The fourth-order valence-electron chi connectivity index (χ4n) is 2.67. The molecule has 0 radical (unpaired) electrons. The highest BCUT2D eigenvalue weighted by Crippen LogP contribution is 2.39. The predicted molar refractivity (Wildman–Crippen MR) is 75.5 cm³/mol. The summed E-state index contributed by atoms with van der Waals surface area (Å²) in [6, 6.07) is 6.18. The van der Waals surface area contributed by atoms with Gasteiger partial charge in [0.2, 0.25) is 5.91 Å². The Balaban J connectivity index is 1.94. The minimum atomic E-state index is 0.0718. The highest BCUT2D eigenvalue weighted by molar-refractivity contribution is 7.08. The molecule has 0 bridgehead atoms. The van der Waals surface area contributed by atoms with E-state index in [-0.39, 0.29) is 11.8 Å². The average molecular weight is 269 g/mol. The van der Waals surface area contributed by atoms with Crippen LogP contribution in [-0.4, -0.2) is 16.1 Å². The van der Waals surface area contributed by atoms with Gasteiger partial charge in [0.15, 0.2) is 0 Å². The van der Waals surface area contributed by atoms with Crippen LogP contribution in [0, 0.1) is 0 Å². The van der Waals surface area contributed by atoms with Gasteiger partial charge in [-0.25, -0.2) is 0 Å². The Hall–Kier alpha value is -2.14. The van der Waals surface area contributed by atoms with Gasteiger partial charge in [0.1, 0.15) is 0 Å². The van der Waals surface area contributed by atoms with Gasteiger partial charge in [-0.15, -0.1) is 0 Å². The van der Waals surface area contributed by atoms with Gasteiger partial charge < -0.3 is 5.32 Å². The molecule has 19 heavy (non-hydrogen) atoms. The molecule has 0 fully saturated rings. The molecule has 1 amide bonds. The molecule has 5 heteroatoms. The number of aromatic nitrogens is 2. The number of amides is 1. The fraction of sp³-hybridized carbons (Fsp3) is 0.143. The molecule has 2 aromatic heterocycles. The van der Waals surface area contributed by atoms with Crippen LogP contribution >= 0.6 is 11.3 Å². The molecule has 1 aliphatic heterocycles. The lowest BCUT2D eigenvalue weighted by molar-refractivity contribution is -0.116. The molecule has 1 unspecified atom stereocenters. The summed E-state index contributed by atoms with van der Waals surface area (Å²) in [6.45, 7) is 0. The molecule has 1 aliphatic rings. The number of rotatable bonds is 1. The summed E-state index contributed by atoms with van der Waals surface area (Å²) in [4.78, 5) is 11.9. The summed E-state index contributed by atoms with van der Waals surface area (Å²) in [7, 11) is 0. The van der Waals surface area contributed by atoms with Crippen molar-refractivity contribution in [2.24, 2.45) is 0 Å². The molecular formula is C14H11N3OS. The van der Waals surface area contributed by atoms with Crippen LogP contribution in [0.1, 0.15) is 23.5 Å². The SMILES string of the molecule is O=C1CC(c2ccsc2)c2cc3cn[nH]c3cc2N1. The summed E-state index contributed by atoms with van der Waals surface area (Å²) in [5.41, 5.74) is 4.23. The van der Waals surface area contributed by atoms with Gasteiger partial charge in [0.25, 0.3) is 0 Å². The largest absolute Gasteiger partial charge is 0.326 e. The van der Waals surface area contributed by atoms with Crippen molar-refractivity contribution in [1.82, 2.24) is 10.2 Å². The lowest BCUT2D eigenvalue weighted by Crippen LogP contribution is -2.23. The van der Waals surface area contributed by atoms with Crippen molar-refractivity contribution in [3.8, 4) is 0 Å². The topological polar surface area (TPSA) is 57.8 Å². The Morgan fingerprint density at radius 1 is 1.37 bits per heavy atom. The van der Waals surface area contributed by atoms with E-state index in [1.807, 2.05) is 12.3 Å². The first-order chi connectivity index (χ1) is 9.31. The Labute approximate surface area is 113 Å². The van der Waals surface area contributed by atoms with Crippen molar-refractivity contribution in [2.75, 3.05) is 5.32 Å². The number of fused-ring (bicyclic) bond motifs is 2. The van der Waals surface area contributed by atoms with Crippen molar-refractivity contribution >= 4 is 33.8 Å². The number of benzene rings is 1. The zero-order valence-electron chi connectivity index (χ0n) is 10.0. The lowest BCUT2D eigenvalue weighted by atomic mass is 9.85. The average Bonchev–Trinajstić information content (AvgIpc) is 3.06. The van der Waals surface area contributed by atoms with Gasteiger partial charge in [-0.2, -0.15) is 16.4 Å². The second-order valence-electron chi connectivity index (χ2n) is 4.76. The van der Waals surface area contributed by atoms with Gasteiger partial charge in [-0.1, -0.05) is 0 Å². The third-order valence-corrected chi connectivity index (χ3v) is 4.30. The second kappa shape index (κ2) is 3.93. The molecule has 3 aromatic rings. The van der Waals surface area contributed by atoms with Crippen molar-refractivity contribution in [3.63, 3.8) is 0 Å². The first kappa shape index (κ1) is 10.8. The number of nitrogens with zero attached hydrogens (tertiary/aromatic N) is 1. The van der Waals surface area contributed by atoms with Gasteiger partial charge in [-0.05, 0) is 40.1 Å². The molecule has 0 saturated heterocycles. The molecular weight excluding hydrogens is 258 g/mol. The maximum atomic E-state index is 11.9. The summed E-state index contributed by atoms with van der Waals surface area (Å²) in [5.74, 6) is 0.219. The van der Waals surface area contributed by atoms with Crippen LogP contribution in [0.2, 0.25) is 0 Å². The molecule has 0 spiro atoms. The van der Waals surface area contributed by atoms with Crippen LogP contribution in [0.3, 0.4) is 0 Å². The van der Waals surface area contributed by atoms with E-state index in [0.717, 1.165) is 16.6 Å². The number of thiophene rings is 1. The van der Waals surface area contributed by atoms with E-state index in [9.17, 15) is 4.79 Å². The van der Waals surface area contributed by atoms with E-state index in [1.165, 1.54) is 11.1 Å². The van der Waals surface area contributed by atoms with Crippen molar-refractivity contribution < 1.29 is 4.79 Å². The van der Waals surface area contributed by atoms with Crippen LogP contribution in [-0.2, 0) is 4.79 Å². The van der Waals surface area contributed by atoms with E-state index in [2.05, 4.69) is 38.4 Å². The van der Waals surface area contributed by atoms with Gasteiger partial charge in [0.05, 0.1) is 11.7 Å². The van der Waals surface area contributed by atoms with Crippen LogP contribution in [0.25, 0.3) is 10.9 Å². The molecule has 4 rings (SSSR count). The van der Waals surface area contributed by atoms with Crippen LogP contribution in [0.4, 0.5) is 5.69 Å². The van der Waals surface area contributed by atoms with Crippen molar-refractivity contribution in [2.45, 2.75) is 12.3 Å². The molecule has 94 valence electrons. The summed E-state index contributed by atoms with van der Waals surface area (Å²) in [5, 5.41) is 15.2. The summed E-state index contributed by atoms with van der Waals surface area (Å²) < 4.78 is 0. The highest BCUT2D eigenvalue weighted by atomic mass is 32.1. The summed E-state index contributed by atoms with van der Waals surface area (Å²) >= 11 is 1.66. The predicted octanol–water partition coefficient (Wildman–Crippen LogP) is 3.10. The summed E-state index contributed by atoms with van der Waals surface area (Å²) in [6.07, 6.45) is 2.32. The first-order valence-electron chi connectivity index (χ1n) is 6.10. The molecule has 0 aliphatic carbocycles. The van der Waals surface area contributed by atoms with Gasteiger partial charge >= 0.3 is 0 Å². The smallest absolute Gasteiger partial charge is 0.225 e. The Kier molecular flexibility index (Phi) is 2.22. The normalized spacial score (nSPS) is 18.3. The zero-order valence-corrected chi connectivity index (χ0v) is 10.8. The molecule has 1 atom stereocenters. The van der Waals surface area contributed by atoms with Crippen molar-refractivity contribution in [3.05, 3.63) is 46.3 Å². The van der Waals surface area contributed by atoms with Crippen LogP contribution < -0.4 is 5.32 Å². The van der Waals surface area contributed by atoms with Crippen molar-refractivity contribution in [1.29, 1.82) is 0 Å². The Morgan fingerprint density at radius 3 is 3.16 bits per heavy atom. The van der Waals surface area contributed by atoms with E-state index in [1.54, 1.807) is 11.3 Å². The third-order valence-electron chi connectivity index (χ3n) is 3.59. The Bertz CT molecular complexity index is 760. The second-order valence-corrected chi connectivity index (χ2v) is 5.54. The Morgan fingerprint density at radius 2 is 2.32 bits per heavy atom. The lowest BCUT2D eigenvalue weighted by Gasteiger charge is -2.25. The highest BCUT2D eigenvalue weighted by Gasteiger charge is 2.27. The third kappa shape index (κ3) is 1.66. The van der Waals surface area contributed by atoms with E-state index >= 15 is 0 Å². The van der Waals surface area contributed by atoms with E-state index in [4.69, 9.17) is 0 Å². The number of carbonyl (C=O) groups excluding carboxylic acids is 1. The van der Waals surface area contributed by atoms with Gasteiger partial charge in [-0.3, -0.25) is 9.89 Å². The maximum absolute atomic E-state index is 11.9. The molecule has 2 N–H and O–H groups in total. The quantitative estimate of drug-likeness (QED) is 0.713. The number of hydrogen-bond acceptors (Lipinski definition) is 3. The zero-order chi connectivity index (χ0) is 12.8. The number of nitrogens with one attached hydrogen (secondary N) is 2. The van der Waals surface area contributed by atoms with Crippen LogP contribution in [0.5, 0.6) is 0 Å². The van der Waals surface area contributed by atoms with Crippen LogP contribution in [0.15, 0.2) is 35.2 Å². The number of aromatic amines is 1. The first-order valence-corrected chi connectivity index (χ1v) is 7.04. The fourth-order valence-corrected chi connectivity index (χ4v) is 3.39. The van der Waals surface area contributed by atoms with Gasteiger partial charge in [0, 0.05) is 23.4 Å². The minimum absolute atomic E-state index is 0.0718. The van der Waals surface area contributed by atoms with E-state index < -0.39 is 0 Å². The number of H-pyrrole nitrogens is 1. The maximum Gasteiger partial charge on any atom is 0.225 e. The number of carbonyl (C=O) groups is 1. The molecule has 4 nitrogen and oxygen atoms in total. The number of anilines is 1. The molecule has 3 heterocycles. The monoisotopic (exact) mass is 269 g/mol. The molecule has 0 saturated carbocycles. The minimum Gasteiger partial charge on any atom is -0.326 e. The molecule has 1 aromatic carbocycles. The standard InChI is InChI=1S/C14H11N3OS/c18-14-4-10(8-1-2-19-7-8)11-3-9-6-15-17-12(9)5-13(11)16-14/h1-3,5-7,10H,4H2,(H,15,17)(H,16,18). The van der Waals surface area contributed by atoms with E-state index in [0.29, 0.717) is 6.42 Å². The number of hydrogen-bond donors (Lipinski definition) is 2.